The molecule has 22 heavy (non-hydrogen) atoms. The molecule has 1 aromatic carbocycles. The second kappa shape index (κ2) is 6.66. The van der Waals surface area contributed by atoms with Crippen molar-refractivity contribution in [2.75, 3.05) is 18.0 Å². The summed E-state index contributed by atoms with van der Waals surface area (Å²) in [7, 11) is -3.47. The Morgan fingerprint density at radius 3 is 2.82 bits per heavy atom. The largest absolute Gasteiger partial charge is 0.344 e. The van der Waals surface area contributed by atoms with Gasteiger partial charge in [-0.2, -0.15) is 0 Å². The Morgan fingerprint density at radius 2 is 2.14 bits per heavy atom. The Kier molecular flexibility index (Phi) is 4.82. The minimum Gasteiger partial charge on any atom is -0.344 e. The molecule has 1 aromatic heterocycles. The first-order valence-corrected chi connectivity index (χ1v) is 10.1. The molecule has 2 aromatic rings. The molecule has 0 spiro atoms. The van der Waals surface area contributed by atoms with Gasteiger partial charge in [0.05, 0.1) is 4.90 Å². The van der Waals surface area contributed by atoms with Crippen molar-refractivity contribution in [2.24, 2.45) is 0 Å². The van der Waals surface area contributed by atoms with Crippen molar-refractivity contribution in [3.05, 3.63) is 40.3 Å². The van der Waals surface area contributed by atoms with Gasteiger partial charge in [0, 0.05) is 35.2 Å². The molecule has 1 saturated heterocycles. The van der Waals surface area contributed by atoms with Crippen molar-refractivity contribution in [3.8, 4) is 0 Å². The number of thiazole rings is 1. The van der Waals surface area contributed by atoms with E-state index in [9.17, 15) is 8.42 Å². The first-order valence-electron chi connectivity index (χ1n) is 6.97. The van der Waals surface area contributed by atoms with Crippen LogP contribution in [0.3, 0.4) is 0 Å². The van der Waals surface area contributed by atoms with Crippen LogP contribution in [-0.2, 0) is 10.0 Å². The smallest absolute Gasteiger partial charge is 0.240 e. The Hall–Kier alpha value is -0.960. The maximum absolute atomic E-state index is 12.3. The van der Waals surface area contributed by atoms with Crippen LogP contribution in [0.5, 0.6) is 0 Å². The second-order valence-corrected chi connectivity index (χ2v) is 8.67. The average molecular weight is 402 g/mol. The maximum Gasteiger partial charge on any atom is 0.240 e. The van der Waals surface area contributed by atoms with Crippen LogP contribution in [0.25, 0.3) is 0 Å². The lowest BCUT2D eigenvalue weighted by molar-refractivity contribution is 0.567. The van der Waals surface area contributed by atoms with Crippen LogP contribution in [0.1, 0.15) is 12.8 Å². The zero-order valence-electron chi connectivity index (χ0n) is 11.8. The van der Waals surface area contributed by atoms with Crippen LogP contribution < -0.4 is 9.62 Å². The molecule has 1 aliphatic heterocycles. The fourth-order valence-electron chi connectivity index (χ4n) is 2.56. The van der Waals surface area contributed by atoms with Gasteiger partial charge in [-0.1, -0.05) is 15.9 Å². The number of hydrogen-bond donors (Lipinski definition) is 1. The first kappa shape index (κ1) is 15.9. The van der Waals surface area contributed by atoms with E-state index >= 15 is 0 Å². The highest BCUT2D eigenvalue weighted by Gasteiger charge is 2.27. The number of sulfonamides is 1. The van der Waals surface area contributed by atoms with Crippen LogP contribution in [-0.4, -0.2) is 32.5 Å². The summed E-state index contributed by atoms with van der Waals surface area (Å²) >= 11 is 4.89. The predicted octanol–water partition coefficient (Wildman–Crippen LogP) is 2.85. The minimum absolute atomic E-state index is 0.163. The van der Waals surface area contributed by atoms with Crippen LogP contribution in [0.2, 0.25) is 0 Å². The Morgan fingerprint density at radius 1 is 1.36 bits per heavy atom. The summed E-state index contributed by atoms with van der Waals surface area (Å²) in [6.45, 7) is 1.33. The average Bonchev–Trinajstić information content (AvgIpc) is 3.16. The molecule has 118 valence electrons. The molecule has 3 rings (SSSR count). The van der Waals surface area contributed by atoms with E-state index in [0.717, 1.165) is 29.0 Å². The van der Waals surface area contributed by atoms with Gasteiger partial charge in [0.1, 0.15) is 0 Å². The van der Waals surface area contributed by atoms with Gasteiger partial charge in [-0.05, 0) is 37.1 Å². The highest BCUT2D eigenvalue weighted by Crippen LogP contribution is 2.27. The highest BCUT2D eigenvalue weighted by atomic mass is 79.9. The standard InChI is InChI=1S/C14H16BrN3O2S2/c15-11-3-5-13(6-4-11)22(19,20)17-10-12-2-1-8-18(12)14-16-7-9-21-14/h3-7,9,12,17H,1-2,8,10H2. The second-order valence-electron chi connectivity index (χ2n) is 5.11. The number of aromatic nitrogens is 1. The summed E-state index contributed by atoms with van der Waals surface area (Å²) in [5, 5.41) is 2.90. The van der Waals surface area contributed by atoms with Gasteiger partial charge >= 0.3 is 0 Å². The SMILES string of the molecule is O=S(=O)(NCC1CCCN1c1nccs1)c1ccc(Br)cc1. The maximum atomic E-state index is 12.3. The van der Waals surface area contributed by atoms with Crippen molar-refractivity contribution in [1.29, 1.82) is 0 Å². The summed E-state index contributed by atoms with van der Waals surface area (Å²) in [5.74, 6) is 0. The van der Waals surface area contributed by atoms with Crippen LogP contribution >= 0.6 is 27.3 Å². The molecule has 8 heteroatoms. The third-order valence-electron chi connectivity index (χ3n) is 3.68. The van der Waals surface area contributed by atoms with Gasteiger partial charge in [0.2, 0.25) is 10.0 Å². The molecule has 1 aliphatic rings. The Balaban J connectivity index is 1.67. The molecule has 0 bridgehead atoms. The van der Waals surface area contributed by atoms with E-state index in [1.54, 1.807) is 41.8 Å². The van der Waals surface area contributed by atoms with Crippen molar-refractivity contribution in [1.82, 2.24) is 9.71 Å². The van der Waals surface area contributed by atoms with Crippen molar-refractivity contribution in [2.45, 2.75) is 23.8 Å². The molecular weight excluding hydrogens is 386 g/mol. The highest BCUT2D eigenvalue weighted by molar-refractivity contribution is 9.10. The zero-order valence-corrected chi connectivity index (χ0v) is 15.0. The fourth-order valence-corrected chi connectivity index (χ4v) is 4.64. The van der Waals surface area contributed by atoms with Gasteiger partial charge in [-0.15, -0.1) is 11.3 Å². The van der Waals surface area contributed by atoms with Gasteiger partial charge in [-0.3, -0.25) is 0 Å². The third-order valence-corrected chi connectivity index (χ3v) is 6.45. The van der Waals surface area contributed by atoms with Gasteiger partial charge in [0.25, 0.3) is 0 Å². The Bertz CT molecular complexity index is 717. The lowest BCUT2D eigenvalue weighted by atomic mass is 10.2. The summed E-state index contributed by atoms with van der Waals surface area (Å²) in [4.78, 5) is 6.80. The van der Waals surface area contributed by atoms with E-state index < -0.39 is 10.0 Å². The van der Waals surface area contributed by atoms with Crippen molar-refractivity contribution in [3.63, 3.8) is 0 Å². The van der Waals surface area contributed by atoms with Gasteiger partial charge in [0.15, 0.2) is 5.13 Å². The molecule has 0 radical (unpaired) electrons. The van der Waals surface area contributed by atoms with Crippen LogP contribution in [0, 0.1) is 0 Å². The van der Waals surface area contributed by atoms with Crippen molar-refractivity contribution >= 4 is 42.4 Å². The van der Waals surface area contributed by atoms with E-state index in [1.807, 2.05) is 5.38 Å². The minimum atomic E-state index is -3.47. The third kappa shape index (κ3) is 3.51. The predicted molar refractivity (Wildman–Crippen MR) is 91.8 cm³/mol. The van der Waals surface area contributed by atoms with E-state index in [2.05, 4.69) is 30.5 Å². The summed E-state index contributed by atoms with van der Waals surface area (Å²) < 4.78 is 28.3. The number of halogens is 1. The van der Waals surface area contributed by atoms with Gasteiger partial charge in [-0.25, -0.2) is 18.1 Å². The van der Waals surface area contributed by atoms with E-state index in [0.29, 0.717) is 6.54 Å². The Labute approximate surface area is 142 Å². The summed E-state index contributed by atoms with van der Waals surface area (Å²) in [6, 6.07) is 6.81. The fraction of sp³-hybridized carbons (Fsp3) is 0.357. The zero-order chi connectivity index (χ0) is 15.6. The monoisotopic (exact) mass is 401 g/mol. The van der Waals surface area contributed by atoms with E-state index in [4.69, 9.17) is 0 Å². The van der Waals surface area contributed by atoms with E-state index in [-0.39, 0.29) is 10.9 Å². The number of nitrogens with zero attached hydrogens (tertiary/aromatic N) is 2. The van der Waals surface area contributed by atoms with Crippen molar-refractivity contribution < 1.29 is 8.42 Å². The molecule has 2 heterocycles. The number of nitrogens with one attached hydrogen (secondary N) is 1. The molecule has 1 N–H and O–H groups in total. The summed E-state index contributed by atoms with van der Waals surface area (Å²) in [5.41, 5.74) is 0. The summed E-state index contributed by atoms with van der Waals surface area (Å²) in [6.07, 6.45) is 3.81. The number of hydrogen-bond acceptors (Lipinski definition) is 5. The lowest BCUT2D eigenvalue weighted by Crippen LogP contribution is -2.40. The normalized spacial score (nSPS) is 18.8. The molecule has 0 saturated carbocycles. The van der Waals surface area contributed by atoms with Crippen LogP contribution in [0.15, 0.2) is 45.2 Å². The molecule has 0 amide bonds. The molecule has 1 atom stereocenters. The molecule has 5 nitrogen and oxygen atoms in total. The quantitative estimate of drug-likeness (QED) is 0.836. The number of rotatable bonds is 5. The lowest BCUT2D eigenvalue weighted by Gasteiger charge is -2.24. The van der Waals surface area contributed by atoms with Gasteiger partial charge < -0.3 is 4.90 Å². The number of benzene rings is 1. The molecule has 1 unspecified atom stereocenters. The topological polar surface area (TPSA) is 62.3 Å². The van der Waals surface area contributed by atoms with E-state index in [1.165, 1.54) is 0 Å². The van der Waals surface area contributed by atoms with Crippen LogP contribution in [0.4, 0.5) is 5.13 Å². The number of anilines is 1. The first-order chi connectivity index (χ1) is 10.6. The molecular formula is C14H16BrN3O2S2. The molecule has 0 aliphatic carbocycles. The molecule has 1 fully saturated rings.